The molecule has 0 unspecified atom stereocenters. The summed E-state index contributed by atoms with van der Waals surface area (Å²) in [4.78, 5) is 21.3. The molecule has 2 heterocycles. The molecule has 0 amide bonds. The molecule has 0 atom stereocenters. The third kappa shape index (κ3) is 3.97. The Balaban J connectivity index is 2.03. The van der Waals surface area contributed by atoms with Crippen molar-refractivity contribution in [1.29, 1.82) is 0 Å². The number of rotatable bonds is 4. The number of hydrogen-bond donors (Lipinski definition) is 1. The number of thioether (sulfide) groups is 1. The lowest BCUT2D eigenvalue weighted by atomic mass is 10.2. The predicted octanol–water partition coefficient (Wildman–Crippen LogP) is 4.27. The van der Waals surface area contributed by atoms with Gasteiger partial charge in [0.1, 0.15) is 16.4 Å². The first-order valence-corrected chi connectivity index (χ1v) is 8.55. The third-order valence-corrected chi connectivity index (χ3v) is 4.38. The first-order chi connectivity index (χ1) is 12.2. The van der Waals surface area contributed by atoms with Gasteiger partial charge >= 0.3 is 5.97 Å². The van der Waals surface area contributed by atoms with E-state index in [4.69, 9.17) is 4.74 Å². The molecule has 1 aromatic heterocycles. The van der Waals surface area contributed by atoms with Gasteiger partial charge < -0.3 is 9.84 Å². The number of carbonyl (C=O) groups excluding carboxylic acids is 1. The molecular weight excluding hydrogens is 336 g/mol. The Bertz CT molecular complexity index is 859. The van der Waals surface area contributed by atoms with E-state index in [0.29, 0.717) is 15.6 Å². The molecule has 0 aliphatic carbocycles. The van der Waals surface area contributed by atoms with Gasteiger partial charge in [0.2, 0.25) is 0 Å². The van der Waals surface area contributed by atoms with E-state index in [0.717, 1.165) is 5.56 Å². The van der Waals surface area contributed by atoms with Crippen molar-refractivity contribution in [2.75, 3.05) is 6.61 Å². The summed E-state index contributed by atoms with van der Waals surface area (Å²) in [6.45, 7) is 1.95. The lowest BCUT2D eigenvalue weighted by Crippen LogP contribution is -2.12. The summed E-state index contributed by atoms with van der Waals surface area (Å²) in [5.41, 5.74) is 1.66. The first kappa shape index (κ1) is 17.0. The number of ether oxygens (including phenoxy) is 1. The molecule has 1 N–H and O–H groups in total. The normalized spacial score (nSPS) is 17.3. The van der Waals surface area contributed by atoms with Gasteiger partial charge in [-0.15, -0.1) is 0 Å². The number of carbonyl (C=O) groups is 1. The van der Waals surface area contributed by atoms with E-state index in [1.165, 1.54) is 11.8 Å². The van der Waals surface area contributed by atoms with E-state index in [1.807, 2.05) is 42.5 Å². The van der Waals surface area contributed by atoms with E-state index >= 15 is 0 Å². The Morgan fingerprint density at radius 1 is 1.24 bits per heavy atom. The molecule has 0 saturated heterocycles. The van der Waals surface area contributed by atoms with Crippen molar-refractivity contribution in [3.05, 3.63) is 76.7 Å². The average molecular weight is 352 g/mol. The van der Waals surface area contributed by atoms with E-state index in [1.54, 1.807) is 25.4 Å². The van der Waals surface area contributed by atoms with E-state index in [-0.39, 0.29) is 17.9 Å². The monoisotopic (exact) mass is 352 g/mol. The Labute approximate surface area is 149 Å². The van der Waals surface area contributed by atoms with Crippen LogP contribution in [0.1, 0.15) is 12.5 Å². The van der Waals surface area contributed by atoms with Crippen LogP contribution in [0.3, 0.4) is 0 Å². The fourth-order valence-electron chi connectivity index (χ4n) is 2.22. The van der Waals surface area contributed by atoms with Crippen molar-refractivity contribution in [2.45, 2.75) is 6.92 Å². The molecule has 126 valence electrons. The van der Waals surface area contributed by atoms with Crippen LogP contribution < -0.4 is 0 Å². The molecule has 1 aliphatic rings. The maximum atomic E-state index is 12.3. The summed E-state index contributed by atoms with van der Waals surface area (Å²) in [6.07, 6.45) is 5.12. The van der Waals surface area contributed by atoms with Crippen molar-refractivity contribution in [2.24, 2.45) is 4.99 Å². The number of aliphatic hydroxyl groups excluding tert-OH is 1. The SMILES string of the molecule is CCOC(=O)C1=C(O)C(=Cc2ccncc2)SC1=Nc1ccccc1. The molecule has 0 spiro atoms. The van der Waals surface area contributed by atoms with Gasteiger partial charge in [0.15, 0.2) is 0 Å². The Kier molecular flexibility index (Phi) is 5.30. The summed E-state index contributed by atoms with van der Waals surface area (Å²) in [7, 11) is 0. The van der Waals surface area contributed by atoms with Crippen LogP contribution in [0, 0.1) is 0 Å². The second kappa shape index (κ2) is 7.81. The van der Waals surface area contributed by atoms with Gasteiger partial charge in [-0.1, -0.05) is 30.0 Å². The zero-order valence-corrected chi connectivity index (χ0v) is 14.4. The summed E-state index contributed by atoms with van der Waals surface area (Å²) in [6, 6.07) is 12.9. The highest BCUT2D eigenvalue weighted by Crippen LogP contribution is 2.40. The minimum atomic E-state index is -0.583. The van der Waals surface area contributed by atoms with Crippen LogP contribution in [0.25, 0.3) is 6.08 Å². The van der Waals surface area contributed by atoms with Crippen molar-refractivity contribution in [3.63, 3.8) is 0 Å². The fourth-order valence-corrected chi connectivity index (χ4v) is 3.26. The number of hydrogen-bond acceptors (Lipinski definition) is 6. The molecule has 3 rings (SSSR count). The third-order valence-electron chi connectivity index (χ3n) is 3.36. The summed E-state index contributed by atoms with van der Waals surface area (Å²) in [5.74, 6) is -0.699. The van der Waals surface area contributed by atoms with E-state index < -0.39 is 5.97 Å². The lowest BCUT2D eigenvalue weighted by Gasteiger charge is -2.03. The zero-order valence-electron chi connectivity index (χ0n) is 13.5. The van der Waals surface area contributed by atoms with Gasteiger partial charge in [0, 0.05) is 12.4 Å². The molecular formula is C19H16N2O3S. The molecule has 0 fully saturated rings. The minimum Gasteiger partial charge on any atom is -0.506 e. The Hall–Kier alpha value is -2.86. The molecule has 0 radical (unpaired) electrons. The second-order valence-electron chi connectivity index (χ2n) is 5.09. The first-order valence-electron chi connectivity index (χ1n) is 7.73. The minimum absolute atomic E-state index is 0.0935. The van der Waals surface area contributed by atoms with Crippen LogP contribution in [0.15, 0.2) is 76.1 Å². The average Bonchev–Trinajstić information content (AvgIpc) is 2.92. The number of aromatic nitrogens is 1. The van der Waals surface area contributed by atoms with Crippen LogP contribution in [0.5, 0.6) is 0 Å². The van der Waals surface area contributed by atoms with Gasteiger partial charge in [-0.3, -0.25) is 4.98 Å². The number of nitrogens with zero attached hydrogens (tertiary/aromatic N) is 2. The molecule has 1 aliphatic heterocycles. The van der Waals surface area contributed by atoms with Crippen LogP contribution in [0.4, 0.5) is 5.69 Å². The van der Waals surface area contributed by atoms with Crippen molar-refractivity contribution >= 4 is 34.5 Å². The van der Waals surface area contributed by atoms with Gasteiger partial charge in [0.05, 0.1) is 17.2 Å². The lowest BCUT2D eigenvalue weighted by molar-refractivity contribution is -0.138. The molecule has 2 aromatic rings. The van der Waals surface area contributed by atoms with E-state index in [9.17, 15) is 9.90 Å². The maximum absolute atomic E-state index is 12.3. The summed E-state index contributed by atoms with van der Waals surface area (Å²) >= 11 is 1.24. The van der Waals surface area contributed by atoms with Crippen molar-refractivity contribution < 1.29 is 14.6 Å². The Morgan fingerprint density at radius 2 is 1.96 bits per heavy atom. The highest BCUT2D eigenvalue weighted by atomic mass is 32.2. The number of esters is 1. The van der Waals surface area contributed by atoms with Gasteiger partial charge in [-0.25, -0.2) is 9.79 Å². The second-order valence-corrected chi connectivity index (χ2v) is 6.12. The van der Waals surface area contributed by atoms with Crippen molar-refractivity contribution in [1.82, 2.24) is 4.98 Å². The zero-order chi connectivity index (χ0) is 17.6. The number of benzene rings is 1. The van der Waals surface area contributed by atoms with Crippen LogP contribution in [-0.4, -0.2) is 27.7 Å². The smallest absolute Gasteiger partial charge is 0.344 e. The van der Waals surface area contributed by atoms with Crippen molar-refractivity contribution in [3.8, 4) is 0 Å². The molecule has 1 aromatic carbocycles. The van der Waals surface area contributed by atoms with Gasteiger partial charge in [-0.05, 0) is 42.8 Å². The molecule has 6 heteroatoms. The molecule has 5 nitrogen and oxygen atoms in total. The topological polar surface area (TPSA) is 71.8 Å². The van der Waals surface area contributed by atoms with Crippen LogP contribution >= 0.6 is 11.8 Å². The predicted molar refractivity (Wildman–Crippen MR) is 99.6 cm³/mol. The number of para-hydroxylation sites is 1. The fraction of sp³-hybridized carbons (Fsp3) is 0.105. The summed E-state index contributed by atoms with van der Waals surface area (Å²) in [5, 5.41) is 11.0. The molecule has 0 bridgehead atoms. The quantitative estimate of drug-likeness (QED) is 0.832. The number of pyridine rings is 1. The number of aliphatic hydroxyl groups is 1. The standard InChI is InChI=1S/C19H16N2O3S/c1-2-24-19(23)16-17(22)15(12-13-8-10-20-11-9-13)25-18(16)21-14-6-4-3-5-7-14/h3-12,22H,2H2,1H3. The molecule has 0 saturated carbocycles. The van der Waals surface area contributed by atoms with Crippen LogP contribution in [0.2, 0.25) is 0 Å². The van der Waals surface area contributed by atoms with Gasteiger partial charge in [0.25, 0.3) is 0 Å². The summed E-state index contributed by atoms with van der Waals surface area (Å²) < 4.78 is 5.07. The largest absolute Gasteiger partial charge is 0.506 e. The number of aliphatic imine (C=N–C) groups is 1. The van der Waals surface area contributed by atoms with Gasteiger partial charge in [-0.2, -0.15) is 0 Å². The highest BCUT2D eigenvalue weighted by molar-refractivity contribution is 8.18. The maximum Gasteiger partial charge on any atom is 0.344 e. The highest BCUT2D eigenvalue weighted by Gasteiger charge is 2.33. The Morgan fingerprint density at radius 3 is 2.64 bits per heavy atom. The van der Waals surface area contributed by atoms with Crippen LogP contribution in [-0.2, 0) is 9.53 Å². The van der Waals surface area contributed by atoms with E-state index in [2.05, 4.69) is 9.98 Å². The molecule has 25 heavy (non-hydrogen) atoms.